The highest BCUT2D eigenvalue weighted by Gasteiger charge is 2.13. The Bertz CT molecular complexity index is 466. The van der Waals surface area contributed by atoms with Crippen LogP contribution in [0.4, 0.5) is 0 Å². The normalized spacial score (nSPS) is 11.8. The molecule has 0 fully saturated rings. The van der Waals surface area contributed by atoms with Crippen LogP contribution in [-0.4, -0.2) is 26.3 Å². The summed E-state index contributed by atoms with van der Waals surface area (Å²) in [6.07, 6.45) is 1.54. The van der Waals surface area contributed by atoms with E-state index in [1.807, 2.05) is 0 Å². The molecule has 0 aliphatic carbocycles. The van der Waals surface area contributed by atoms with Gasteiger partial charge in [0.25, 0.3) is 0 Å². The van der Waals surface area contributed by atoms with Crippen molar-refractivity contribution in [3.05, 3.63) is 17.6 Å². The number of nitrogens with zero attached hydrogens (tertiary/aromatic N) is 4. The van der Waals surface area contributed by atoms with E-state index in [1.54, 1.807) is 24.0 Å². The monoisotopic (exact) mass is 237 g/mol. The Morgan fingerprint density at radius 1 is 1.75 bits per heavy atom. The Balaban J connectivity index is 2.65. The first-order valence-electron chi connectivity index (χ1n) is 4.42. The fourth-order valence-electron chi connectivity index (χ4n) is 0.976. The van der Waals surface area contributed by atoms with E-state index < -0.39 is 0 Å². The molecule has 1 aromatic heterocycles. The summed E-state index contributed by atoms with van der Waals surface area (Å²) in [4.78, 5) is 11.6. The minimum absolute atomic E-state index is 0.00895. The van der Waals surface area contributed by atoms with Gasteiger partial charge in [0.15, 0.2) is 10.9 Å². The number of ketones is 1. The van der Waals surface area contributed by atoms with Gasteiger partial charge in [0, 0.05) is 12.7 Å². The first-order chi connectivity index (χ1) is 7.56. The summed E-state index contributed by atoms with van der Waals surface area (Å²) in [5.41, 5.74) is 5.67. The number of thioether (sulfide) groups is 1. The SMILES string of the molecule is C/C(N)=C(\C#N)C(=O)CSc1nncn1C. The summed E-state index contributed by atoms with van der Waals surface area (Å²) < 4.78 is 1.70. The fourth-order valence-corrected chi connectivity index (χ4v) is 1.74. The molecule has 1 rings (SSSR count). The van der Waals surface area contributed by atoms with Crippen LogP contribution in [0.5, 0.6) is 0 Å². The van der Waals surface area contributed by atoms with Gasteiger partial charge in [-0.15, -0.1) is 10.2 Å². The van der Waals surface area contributed by atoms with Crippen LogP contribution in [0.3, 0.4) is 0 Å². The zero-order chi connectivity index (χ0) is 12.1. The molecule has 0 spiro atoms. The number of hydrogen-bond acceptors (Lipinski definition) is 6. The summed E-state index contributed by atoms with van der Waals surface area (Å²) in [5, 5.41) is 16.8. The van der Waals surface area contributed by atoms with Crippen LogP contribution in [0.2, 0.25) is 0 Å². The third kappa shape index (κ3) is 2.84. The summed E-state index contributed by atoms with van der Waals surface area (Å²) in [7, 11) is 1.78. The highest BCUT2D eigenvalue weighted by Crippen LogP contribution is 2.15. The van der Waals surface area contributed by atoms with Crippen molar-refractivity contribution in [2.75, 3.05) is 5.75 Å². The maximum atomic E-state index is 11.6. The number of carbonyl (C=O) groups excluding carboxylic acids is 1. The zero-order valence-corrected chi connectivity index (χ0v) is 9.78. The lowest BCUT2D eigenvalue weighted by atomic mass is 10.2. The molecule has 0 aliphatic rings. The number of rotatable bonds is 4. The van der Waals surface area contributed by atoms with Gasteiger partial charge < -0.3 is 10.3 Å². The van der Waals surface area contributed by atoms with Crippen LogP contribution >= 0.6 is 11.8 Å². The molecule has 0 saturated carbocycles. The molecule has 16 heavy (non-hydrogen) atoms. The predicted octanol–water partition coefficient (Wildman–Crippen LogP) is 0.233. The minimum atomic E-state index is -0.296. The molecule has 0 unspecified atom stereocenters. The van der Waals surface area contributed by atoms with E-state index in [2.05, 4.69) is 10.2 Å². The van der Waals surface area contributed by atoms with Gasteiger partial charge >= 0.3 is 0 Å². The van der Waals surface area contributed by atoms with Crippen molar-refractivity contribution in [2.45, 2.75) is 12.1 Å². The van der Waals surface area contributed by atoms with Crippen molar-refractivity contribution in [1.29, 1.82) is 5.26 Å². The second-order valence-corrected chi connectivity index (χ2v) is 4.05. The van der Waals surface area contributed by atoms with Crippen LogP contribution < -0.4 is 5.73 Å². The summed E-state index contributed by atoms with van der Waals surface area (Å²) in [5.74, 6) is -0.167. The molecule has 0 bridgehead atoms. The minimum Gasteiger partial charge on any atom is -0.401 e. The van der Waals surface area contributed by atoms with Crippen molar-refractivity contribution in [2.24, 2.45) is 12.8 Å². The molecule has 84 valence electrons. The topological polar surface area (TPSA) is 97.6 Å². The van der Waals surface area contributed by atoms with Crippen molar-refractivity contribution >= 4 is 17.5 Å². The van der Waals surface area contributed by atoms with Crippen molar-refractivity contribution in [3.8, 4) is 6.07 Å². The van der Waals surface area contributed by atoms with E-state index in [4.69, 9.17) is 11.0 Å². The quantitative estimate of drug-likeness (QED) is 0.457. The third-order valence-electron chi connectivity index (χ3n) is 1.79. The number of allylic oxidation sites excluding steroid dienone is 2. The van der Waals surface area contributed by atoms with Crippen molar-refractivity contribution < 1.29 is 4.79 Å². The number of aryl methyl sites for hydroxylation is 1. The van der Waals surface area contributed by atoms with Crippen molar-refractivity contribution in [1.82, 2.24) is 14.8 Å². The lowest BCUT2D eigenvalue weighted by molar-refractivity contribution is -0.112. The number of carbonyl (C=O) groups is 1. The van der Waals surface area contributed by atoms with Gasteiger partial charge in [-0.1, -0.05) is 11.8 Å². The number of aromatic nitrogens is 3. The molecule has 0 aromatic carbocycles. The van der Waals surface area contributed by atoms with Crippen LogP contribution in [0.1, 0.15) is 6.92 Å². The number of hydrogen-bond donors (Lipinski definition) is 1. The van der Waals surface area contributed by atoms with E-state index in [9.17, 15) is 4.79 Å². The lowest BCUT2D eigenvalue weighted by Crippen LogP contribution is -2.10. The molecule has 0 amide bonds. The van der Waals surface area contributed by atoms with Gasteiger partial charge in [-0.2, -0.15) is 5.26 Å². The van der Waals surface area contributed by atoms with Gasteiger partial charge in [0.2, 0.25) is 0 Å². The fraction of sp³-hybridized carbons (Fsp3) is 0.333. The molecule has 1 aromatic rings. The third-order valence-corrected chi connectivity index (χ3v) is 2.82. The van der Waals surface area contributed by atoms with Gasteiger partial charge in [-0.3, -0.25) is 4.79 Å². The van der Waals surface area contributed by atoms with Gasteiger partial charge in [0.05, 0.1) is 5.75 Å². The number of Topliss-reactive ketones (excluding diaryl/α,β-unsaturated/α-hetero) is 1. The first kappa shape index (κ1) is 12.3. The average Bonchev–Trinajstić information content (AvgIpc) is 2.61. The molecule has 1 heterocycles. The van der Waals surface area contributed by atoms with Crippen LogP contribution in [0.25, 0.3) is 0 Å². The lowest BCUT2D eigenvalue weighted by Gasteiger charge is -2.00. The van der Waals surface area contributed by atoms with E-state index in [0.29, 0.717) is 5.16 Å². The standard InChI is InChI=1S/C9H11N5OS/c1-6(11)7(3-10)8(15)4-16-9-13-12-5-14(9)2/h5H,4,11H2,1-2H3/b7-6-. The second-order valence-electron chi connectivity index (χ2n) is 3.11. The Kier molecular flexibility index (Phi) is 4.08. The predicted molar refractivity (Wildman–Crippen MR) is 59.2 cm³/mol. The smallest absolute Gasteiger partial charge is 0.191 e. The van der Waals surface area contributed by atoms with Gasteiger partial charge in [0.1, 0.15) is 18.0 Å². The van der Waals surface area contributed by atoms with E-state index in [-0.39, 0.29) is 22.8 Å². The Hall–Kier alpha value is -1.81. The first-order valence-corrected chi connectivity index (χ1v) is 5.41. The van der Waals surface area contributed by atoms with Gasteiger partial charge in [-0.25, -0.2) is 0 Å². The molecule has 0 atom stereocenters. The molecule has 0 aliphatic heterocycles. The molecular weight excluding hydrogens is 226 g/mol. The molecule has 2 N–H and O–H groups in total. The molecule has 6 nitrogen and oxygen atoms in total. The van der Waals surface area contributed by atoms with E-state index in [1.165, 1.54) is 18.7 Å². The largest absolute Gasteiger partial charge is 0.401 e. The summed E-state index contributed by atoms with van der Waals surface area (Å²) >= 11 is 1.22. The van der Waals surface area contributed by atoms with Gasteiger partial charge in [-0.05, 0) is 6.92 Å². The maximum absolute atomic E-state index is 11.6. The molecular formula is C9H11N5OS. The van der Waals surface area contributed by atoms with Crippen LogP contribution in [0.15, 0.2) is 22.8 Å². The zero-order valence-electron chi connectivity index (χ0n) is 8.97. The highest BCUT2D eigenvalue weighted by molar-refractivity contribution is 7.99. The van der Waals surface area contributed by atoms with Crippen LogP contribution in [-0.2, 0) is 11.8 Å². The maximum Gasteiger partial charge on any atom is 0.191 e. The Labute approximate surface area is 97.1 Å². The molecule has 0 radical (unpaired) electrons. The van der Waals surface area contributed by atoms with Crippen molar-refractivity contribution in [3.63, 3.8) is 0 Å². The van der Waals surface area contributed by atoms with E-state index in [0.717, 1.165) is 0 Å². The number of nitriles is 1. The summed E-state index contributed by atoms with van der Waals surface area (Å²) in [6, 6.07) is 1.79. The molecule has 0 saturated heterocycles. The second kappa shape index (κ2) is 5.32. The van der Waals surface area contributed by atoms with Crippen LogP contribution in [0, 0.1) is 11.3 Å². The Morgan fingerprint density at radius 3 is 2.88 bits per heavy atom. The Morgan fingerprint density at radius 2 is 2.44 bits per heavy atom. The highest BCUT2D eigenvalue weighted by atomic mass is 32.2. The summed E-state index contributed by atoms with van der Waals surface area (Å²) in [6.45, 7) is 1.53. The number of nitrogens with two attached hydrogens (primary N) is 1. The van der Waals surface area contributed by atoms with E-state index >= 15 is 0 Å². The molecule has 7 heteroatoms. The average molecular weight is 237 g/mol.